The number of aromatic nitrogens is 3. The number of amides is 1. The molecular formula is C37H36FN5O5S. The number of pyridine rings is 1. The van der Waals surface area contributed by atoms with E-state index in [1.54, 1.807) is 17.0 Å². The van der Waals surface area contributed by atoms with E-state index in [1.807, 2.05) is 38.1 Å². The average molecular weight is 682 g/mol. The van der Waals surface area contributed by atoms with Gasteiger partial charge in [0.2, 0.25) is 11.8 Å². The van der Waals surface area contributed by atoms with Crippen molar-refractivity contribution in [1.82, 2.24) is 19.9 Å². The molecule has 1 aliphatic heterocycles. The molecule has 1 N–H and O–H groups in total. The van der Waals surface area contributed by atoms with E-state index in [1.165, 1.54) is 24.3 Å². The number of aryl methyl sites for hydroxylation is 2. The maximum absolute atomic E-state index is 15.7. The Hall–Kier alpha value is -4.84. The van der Waals surface area contributed by atoms with Gasteiger partial charge in [-0.2, -0.15) is 4.98 Å². The van der Waals surface area contributed by atoms with Gasteiger partial charge in [0.1, 0.15) is 23.7 Å². The first kappa shape index (κ1) is 31.4. The number of rotatable bonds is 6. The van der Waals surface area contributed by atoms with Crippen LogP contribution in [0.4, 0.5) is 10.3 Å². The Morgan fingerprint density at radius 1 is 1.00 bits per heavy atom. The second-order valence-electron chi connectivity index (χ2n) is 14.0. The van der Waals surface area contributed by atoms with Gasteiger partial charge in [-0.05, 0) is 80.7 Å². The Bertz CT molecular complexity index is 2230. The lowest BCUT2D eigenvalue weighted by atomic mass is 9.97. The number of furan rings is 1. The summed E-state index contributed by atoms with van der Waals surface area (Å²) in [7, 11) is -4.22. The van der Waals surface area contributed by atoms with Gasteiger partial charge >= 0.3 is 0 Å². The van der Waals surface area contributed by atoms with Crippen LogP contribution in [0.1, 0.15) is 77.9 Å². The summed E-state index contributed by atoms with van der Waals surface area (Å²) in [5.74, 6) is 0.0662. The van der Waals surface area contributed by atoms with E-state index in [0.717, 1.165) is 48.1 Å². The van der Waals surface area contributed by atoms with Crippen molar-refractivity contribution >= 4 is 33.0 Å². The SMILES string of the molecule is Cc1cccc(C)c1-c1cc2nc(n1)NS(=O)(=O)c1cccc(c1)C(=O)N(Cc1nc3cc(C4CC4)oc3cc1F)[C@H](CC1(C)CC1)CO2. The van der Waals surface area contributed by atoms with Crippen molar-refractivity contribution in [2.45, 2.75) is 76.3 Å². The largest absolute Gasteiger partial charge is 0.475 e. The Morgan fingerprint density at radius 2 is 1.76 bits per heavy atom. The predicted octanol–water partition coefficient (Wildman–Crippen LogP) is 7.31. The van der Waals surface area contributed by atoms with Crippen molar-refractivity contribution in [2.24, 2.45) is 5.41 Å². The van der Waals surface area contributed by atoms with Crippen LogP contribution in [0, 0.1) is 25.1 Å². The van der Waals surface area contributed by atoms with Crippen LogP contribution in [-0.2, 0) is 16.6 Å². The molecule has 12 heteroatoms. The number of anilines is 1. The molecule has 0 radical (unpaired) electrons. The van der Waals surface area contributed by atoms with Gasteiger partial charge in [0.25, 0.3) is 15.9 Å². The number of hydrogen-bond acceptors (Lipinski definition) is 8. The maximum atomic E-state index is 15.7. The third kappa shape index (κ3) is 6.25. The molecule has 8 rings (SSSR count). The van der Waals surface area contributed by atoms with Crippen molar-refractivity contribution < 1.29 is 26.8 Å². The third-order valence-electron chi connectivity index (χ3n) is 9.86. The van der Waals surface area contributed by atoms with Gasteiger partial charge in [-0.25, -0.2) is 27.5 Å². The van der Waals surface area contributed by atoms with Gasteiger partial charge < -0.3 is 14.1 Å². The molecule has 0 spiro atoms. The fourth-order valence-electron chi connectivity index (χ4n) is 6.67. The monoisotopic (exact) mass is 681 g/mol. The molecule has 2 aromatic carbocycles. The van der Waals surface area contributed by atoms with Crippen LogP contribution in [0.5, 0.6) is 5.88 Å². The predicted molar refractivity (Wildman–Crippen MR) is 181 cm³/mol. The summed E-state index contributed by atoms with van der Waals surface area (Å²) in [5, 5.41) is 0. The minimum Gasteiger partial charge on any atom is -0.475 e. The maximum Gasteiger partial charge on any atom is 0.264 e. The quantitative estimate of drug-likeness (QED) is 0.198. The van der Waals surface area contributed by atoms with Gasteiger partial charge in [0.05, 0.1) is 28.9 Å². The first-order valence-corrected chi connectivity index (χ1v) is 18.0. The average Bonchev–Trinajstić information content (AvgIpc) is 4.00. The lowest BCUT2D eigenvalue weighted by molar-refractivity contribution is 0.0534. The number of sulfonamides is 1. The van der Waals surface area contributed by atoms with E-state index in [0.29, 0.717) is 29.1 Å². The molecule has 4 bridgehead atoms. The summed E-state index contributed by atoms with van der Waals surface area (Å²) in [5.41, 5.74) is 4.33. The Balaban J connectivity index is 1.25. The zero-order valence-electron chi connectivity index (χ0n) is 27.5. The number of hydrogen-bond donors (Lipinski definition) is 1. The van der Waals surface area contributed by atoms with Crippen LogP contribution in [0.15, 0.2) is 70.0 Å². The van der Waals surface area contributed by atoms with Crippen LogP contribution >= 0.6 is 0 Å². The normalized spacial score (nSPS) is 19.7. The van der Waals surface area contributed by atoms with Crippen LogP contribution in [0.25, 0.3) is 22.4 Å². The van der Waals surface area contributed by atoms with Gasteiger partial charge in [-0.15, -0.1) is 0 Å². The first-order valence-electron chi connectivity index (χ1n) is 16.6. The zero-order valence-corrected chi connectivity index (χ0v) is 28.3. The molecule has 2 aliphatic carbocycles. The highest BCUT2D eigenvalue weighted by Gasteiger charge is 2.42. The third-order valence-corrected chi connectivity index (χ3v) is 11.2. The molecule has 5 aromatic rings. The van der Waals surface area contributed by atoms with E-state index in [4.69, 9.17) is 9.15 Å². The van der Waals surface area contributed by atoms with Gasteiger partial charge in [-0.1, -0.05) is 31.2 Å². The number of fused-ring (bicyclic) bond motifs is 5. The molecular weight excluding hydrogens is 646 g/mol. The summed E-state index contributed by atoms with van der Waals surface area (Å²) in [6.07, 6.45) is 4.60. The lowest BCUT2D eigenvalue weighted by Gasteiger charge is -2.33. The molecule has 3 aromatic heterocycles. The second-order valence-corrected chi connectivity index (χ2v) is 15.6. The molecule has 2 saturated carbocycles. The number of carbonyl (C=O) groups is 1. The molecule has 1 amide bonds. The van der Waals surface area contributed by atoms with Crippen LogP contribution < -0.4 is 9.46 Å². The van der Waals surface area contributed by atoms with Gasteiger partial charge in [-0.3, -0.25) is 4.79 Å². The van der Waals surface area contributed by atoms with E-state index < -0.39 is 27.8 Å². The van der Waals surface area contributed by atoms with Crippen LogP contribution in [-0.4, -0.2) is 46.8 Å². The van der Waals surface area contributed by atoms with Crippen molar-refractivity contribution in [2.75, 3.05) is 11.3 Å². The molecule has 0 unspecified atom stereocenters. The summed E-state index contributed by atoms with van der Waals surface area (Å²) in [6.45, 7) is 5.94. The Kier molecular flexibility index (Phi) is 7.47. The highest BCUT2D eigenvalue weighted by atomic mass is 32.2. The second kappa shape index (κ2) is 11.6. The molecule has 0 saturated heterocycles. The molecule has 10 nitrogen and oxygen atoms in total. The van der Waals surface area contributed by atoms with Crippen molar-refractivity contribution in [1.29, 1.82) is 0 Å². The lowest BCUT2D eigenvalue weighted by Crippen LogP contribution is -2.45. The molecule has 49 heavy (non-hydrogen) atoms. The van der Waals surface area contributed by atoms with Crippen molar-refractivity contribution in [3.05, 3.63) is 94.6 Å². The smallest absolute Gasteiger partial charge is 0.264 e. The Morgan fingerprint density at radius 3 is 2.49 bits per heavy atom. The number of nitrogens with zero attached hydrogens (tertiary/aromatic N) is 4. The Labute approximate surface area is 283 Å². The molecule has 1 atom stereocenters. The van der Waals surface area contributed by atoms with Gasteiger partial charge in [0, 0.05) is 35.2 Å². The van der Waals surface area contributed by atoms with Crippen molar-refractivity contribution in [3.8, 4) is 17.1 Å². The number of halogens is 1. The van der Waals surface area contributed by atoms with E-state index in [9.17, 15) is 13.2 Å². The highest BCUT2D eigenvalue weighted by Crippen LogP contribution is 2.50. The molecule has 4 heterocycles. The standard InChI is InChI=1S/C37H36FN5O5S/c1-21-6-4-7-22(2)34(21)29-17-33-41-36(40-29)42-49(45,46)26-9-5-8-24(14-26)35(44)43(25(20-47-33)18-37(3)12-13-37)19-30-27(38)15-32-28(39-30)16-31(48-32)23-10-11-23/h4-9,14-17,23,25H,10-13,18-20H2,1-3H3,(H,40,41,42)/t25-/m1/s1. The van der Waals surface area contributed by atoms with Crippen molar-refractivity contribution in [3.63, 3.8) is 0 Å². The highest BCUT2D eigenvalue weighted by molar-refractivity contribution is 7.92. The summed E-state index contributed by atoms with van der Waals surface area (Å²) in [4.78, 5) is 29.6. The fourth-order valence-corrected chi connectivity index (χ4v) is 7.66. The summed E-state index contributed by atoms with van der Waals surface area (Å²) < 4.78 is 57.9. The molecule has 3 aliphatic rings. The van der Waals surface area contributed by atoms with E-state index >= 15 is 4.39 Å². The first-order chi connectivity index (χ1) is 23.4. The van der Waals surface area contributed by atoms with Crippen LogP contribution in [0.2, 0.25) is 0 Å². The molecule has 2 fully saturated rings. The number of benzene rings is 2. The number of nitrogens with one attached hydrogen (secondary N) is 1. The summed E-state index contributed by atoms with van der Waals surface area (Å²) in [6, 6.07) is 16.0. The minimum absolute atomic E-state index is 0.0256. The fraction of sp³-hybridized carbons (Fsp3) is 0.351. The minimum atomic E-state index is -4.22. The van der Waals surface area contributed by atoms with Gasteiger partial charge in [0.15, 0.2) is 5.58 Å². The number of ether oxygens (including phenoxy) is 1. The summed E-state index contributed by atoms with van der Waals surface area (Å²) >= 11 is 0. The zero-order chi connectivity index (χ0) is 34.1. The topological polar surface area (TPSA) is 128 Å². The molecule has 252 valence electrons. The van der Waals surface area contributed by atoms with E-state index in [2.05, 4.69) is 26.6 Å². The number of carbonyl (C=O) groups excluding carboxylic acids is 1. The van der Waals surface area contributed by atoms with E-state index in [-0.39, 0.29) is 46.5 Å². The van der Waals surface area contributed by atoms with Crippen LogP contribution in [0.3, 0.4) is 0 Å².